The van der Waals surface area contributed by atoms with Gasteiger partial charge in [-0.3, -0.25) is 0 Å². The van der Waals surface area contributed by atoms with Gasteiger partial charge in [-0.05, 0) is 0 Å². The SMILES string of the molecule is OCC(Cl)(Cl)C(O)C(Cl)CCl. The van der Waals surface area contributed by atoms with Crippen LogP contribution in [0.4, 0.5) is 0 Å². The average molecular weight is 242 g/mol. The fourth-order valence-corrected chi connectivity index (χ4v) is 1.26. The van der Waals surface area contributed by atoms with Crippen LogP contribution >= 0.6 is 46.4 Å². The molecule has 0 rings (SSSR count). The lowest BCUT2D eigenvalue weighted by molar-refractivity contribution is 0.121. The Morgan fingerprint density at radius 3 is 2.09 bits per heavy atom. The van der Waals surface area contributed by atoms with Crippen LogP contribution in [-0.2, 0) is 0 Å². The van der Waals surface area contributed by atoms with E-state index in [-0.39, 0.29) is 5.88 Å². The van der Waals surface area contributed by atoms with Crippen LogP contribution in [0, 0.1) is 0 Å². The number of hydrogen-bond acceptors (Lipinski definition) is 2. The molecule has 2 nitrogen and oxygen atoms in total. The van der Waals surface area contributed by atoms with Crippen LogP contribution in [0.5, 0.6) is 0 Å². The zero-order valence-electron chi connectivity index (χ0n) is 5.48. The van der Waals surface area contributed by atoms with Gasteiger partial charge in [0.15, 0.2) is 4.33 Å². The first kappa shape index (κ1) is 12.1. The maximum Gasteiger partial charge on any atom is 0.168 e. The summed E-state index contributed by atoms with van der Waals surface area (Å²) in [6.45, 7) is -0.572. The molecule has 0 saturated carbocycles. The zero-order chi connectivity index (χ0) is 9.07. The lowest BCUT2D eigenvalue weighted by Gasteiger charge is -2.25. The van der Waals surface area contributed by atoms with Crippen LogP contribution in [0.15, 0.2) is 0 Å². The second-order valence-corrected chi connectivity index (χ2v) is 4.45. The van der Waals surface area contributed by atoms with E-state index in [9.17, 15) is 5.11 Å². The fourth-order valence-electron chi connectivity index (χ4n) is 0.442. The summed E-state index contributed by atoms with van der Waals surface area (Å²) >= 11 is 21.8. The summed E-state index contributed by atoms with van der Waals surface area (Å²) in [4.78, 5) is 0. The van der Waals surface area contributed by atoms with Crippen molar-refractivity contribution in [3.63, 3.8) is 0 Å². The minimum atomic E-state index is -1.64. The van der Waals surface area contributed by atoms with E-state index < -0.39 is 22.4 Å². The van der Waals surface area contributed by atoms with E-state index in [1.54, 1.807) is 0 Å². The Labute approximate surface area is 85.0 Å². The highest BCUT2D eigenvalue weighted by atomic mass is 35.5. The van der Waals surface area contributed by atoms with Crippen molar-refractivity contribution in [2.45, 2.75) is 15.8 Å². The second kappa shape index (κ2) is 4.95. The fraction of sp³-hybridized carbons (Fsp3) is 1.00. The molecule has 0 aromatic carbocycles. The van der Waals surface area contributed by atoms with E-state index in [1.165, 1.54) is 0 Å². The Morgan fingerprint density at radius 2 is 1.82 bits per heavy atom. The number of halogens is 4. The number of hydrogen-bond donors (Lipinski definition) is 2. The smallest absolute Gasteiger partial charge is 0.168 e. The summed E-state index contributed by atoms with van der Waals surface area (Å²) in [6.07, 6.45) is -1.24. The van der Waals surface area contributed by atoms with E-state index in [4.69, 9.17) is 51.5 Å². The first-order valence-corrected chi connectivity index (χ1v) is 4.55. The monoisotopic (exact) mass is 240 g/mol. The first-order valence-electron chi connectivity index (χ1n) is 2.82. The third kappa shape index (κ3) is 3.53. The number of alkyl halides is 4. The van der Waals surface area contributed by atoms with Gasteiger partial charge in [-0.25, -0.2) is 0 Å². The average Bonchev–Trinajstić information content (AvgIpc) is 2.01. The molecule has 0 fully saturated rings. The van der Waals surface area contributed by atoms with Crippen molar-refractivity contribution in [1.82, 2.24) is 0 Å². The number of rotatable bonds is 4. The zero-order valence-corrected chi connectivity index (χ0v) is 8.50. The molecule has 0 spiro atoms. The Morgan fingerprint density at radius 1 is 1.36 bits per heavy atom. The minimum absolute atomic E-state index is 0.0178. The molecule has 0 aromatic rings. The van der Waals surface area contributed by atoms with Crippen molar-refractivity contribution < 1.29 is 10.2 Å². The lowest BCUT2D eigenvalue weighted by atomic mass is 10.2. The lowest BCUT2D eigenvalue weighted by Crippen LogP contribution is -2.42. The van der Waals surface area contributed by atoms with Gasteiger partial charge in [-0.2, -0.15) is 0 Å². The normalized spacial score (nSPS) is 18.0. The highest BCUT2D eigenvalue weighted by Gasteiger charge is 2.37. The van der Waals surface area contributed by atoms with Crippen molar-refractivity contribution in [2.24, 2.45) is 0 Å². The molecule has 0 aliphatic heterocycles. The Balaban J connectivity index is 4.10. The van der Waals surface area contributed by atoms with Crippen molar-refractivity contribution in [1.29, 1.82) is 0 Å². The van der Waals surface area contributed by atoms with Crippen LogP contribution < -0.4 is 0 Å². The molecule has 0 aliphatic carbocycles. The van der Waals surface area contributed by atoms with Gasteiger partial charge in [-0.1, -0.05) is 23.2 Å². The first-order chi connectivity index (χ1) is 4.95. The van der Waals surface area contributed by atoms with Crippen LogP contribution in [-0.4, -0.2) is 38.5 Å². The maximum atomic E-state index is 9.21. The molecule has 6 heteroatoms. The Hall–Kier alpha value is 1.08. The van der Waals surface area contributed by atoms with E-state index in [0.717, 1.165) is 0 Å². The summed E-state index contributed by atoms with van der Waals surface area (Å²) in [6, 6.07) is 0. The molecule has 2 unspecified atom stereocenters. The van der Waals surface area contributed by atoms with E-state index >= 15 is 0 Å². The van der Waals surface area contributed by atoms with Gasteiger partial charge in [0.1, 0.15) is 6.10 Å². The standard InChI is InChI=1S/C5H8Cl4O2/c6-1-3(7)4(11)5(8,9)2-10/h3-4,10-11H,1-2H2. The molecule has 0 heterocycles. The van der Waals surface area contributed by atoms with Crippen LogP contribution in [0.25, 0.3) is 0 Å². The second-order valence-electron chi connectivity index (χ2n) is 2.03. The summed E-state index contributed by atoms with van der Waals surface area (Å²) < 4.78 is -1.64. The van der Waals surface area contributed by atoms with Gasteiger partial charge in [0.2, 0.25) is 0 Å². The molecule has 0 amide bonds. The van der Waals surface area contributed by atoms with Gasteiger partial charge in [0, 0.05) is 5.88 Å². The quantitative estimate of drug-likeness (QED) is 0.730. The van der Waals surface area contributed by atoms with Crippen LogP contribution in [0.2, 0.25) is 0 Å². The molecule has 0 aromatic heterocycles. The van der Waals surface area contributed by atoms with Gasteiger partial charge >= 0.3 is 0 Å². The van der Waals surface area contributed by atoms with Crippen LogP contribution in [0.1, 0.15) is 0 Å². The summed E-state index contributed by atoms with van der Waals surface area (Å²) in [5.74, 6) is 0.0178. The third-order valence-corrected chi connectivity index (χ3v) is 2.70. The predicted molar refractivity (Wildman–Crippen MR) is 47.9 cm³/mol. The minimum Gasteiger partial charge on any atom is -0.393 e. The molecule has 0 bridgehead atoms. The predicted octanol–water partition coefficient (Wildman–Crippen LogP) is 1.36. The number of aliphatic hydroxyl groups is 2. The molecular weight excluding hydrogens is 234 g/mol. The summed E-state index contributed by atoms with van der Waals surface area (Å²) in [7, 11) is 0. The molecular formula is C5H8Cl4O2. The number of aliphatic hydroxyl groups excluding tert-OH is 2. The largest absolute Gasteiger partial charge is 0.393 e. The summed E-state index contributed by atoms with van der Waals surface area (Å²) in [5.41, 5.74) is 0. The van der Waals surface area contributed by atoms with Gasteiger partial charge in [0.25, 0.3) is 0 Å². The van der Waals surface area contributed by atoms with Gasteiger partial charge < -0.3 is 10.2 Å². The Kier molecular flexibility index (Phi) is 5.44. The van der Waals surface area contributed by atoms with Gasteiger partial charge in [-0.15, -0.1) is 23.2 Å². The van der Waals surface area contributed by atoms with Crippen molar-refractivity contribution in [3.05, 3.63) is 0 Å². The highest BCUT2D eigenvalue weighted by Crippen LogP contribution is 2.29. The van der Waals surface area contributed by atoms with E-state index in [0.29, 0.717) is 0 Å². The van der Waals surface area contributed by atoms with E-state index in [1.807, 2.05) is 0 Å². The van der Waals surface area contributed by atoms with Crippen molar-refractivity contribution in [3.8, 4) is 0 Å². The third-order valence-electron chi connectivity index (χ3n) is 1.13. The van der Waals surface area contributed by atoms with Gasteiger partial charge in [0.05, 0.1) is 12.0 Å². The van der Waals surface area contributed by atoms with E-state index in [2.05, 4.69) is 0 Å². The molecule has 0 radical (unpaired) electrons. The molecule has 2 atom stereocenters. The topological polar surface area (TPSA) is 40.5 Å². The highest BCUT2D eigenvalue weighted by molar-refractivity contribution is 6.49. The molecule has 0 saturated heterocycles. The maximum absolute atomic E-state index is 9.21. The van der Waals surface area contributed by atoms with Crippen molar-refractivity contribution in [2.75, 3.05) is 12.5 Å². The molecule has 68 valence electrons. The molecule has 0 aliphatic rings. The molecule has 2 N–H and O–H groups in total. The van der Waals surface area contributed by atoms with Crippen LogP contribution in [0.3, 0.4) is 0 Å². The summed E-state index contributed by atoms with van der Waals surface area (Å²) in [5, 5.41) is 17.0. The molecule has 11 heavy (non-hydrogen) atoms. The Bertz CT molecular complexity index is 119. The van der Waals surface area contributed by atoms with Crippen molar-refractivity contribution >= 4 is 46.4 Å².